The van der Waals surface area contributed by atoms with Crippen LogP contribution in [0.25, 0.3) is 0 Å². The van der Waals surface area contributed by atoms with Crippen molar-refractivity contribution in [3.8, 4) is 5.75 Å². The second kappa shape index (κ2) is 5.93. The molecule has 1 saturated carbocycles. The van der Waals surface area contributed by atoms with Crippen LogP contribution in [0, 0.1) is 0 Å². The highest BCUT2D eigenvalue weighted by atomic mass is 16.5. The van der Waals surface area contributed by atoms with E-state index < -0.39 is 12.0 Å². The minimum Gasteiger partial charge on any atom is -0.491 e. The summed E-state index contributed by atoms with van der Waals surface area (Å²) in [4.78, 5) is 13.1. The number of ether oxygens (including phenoxy) is 1. The van der Waals surface area contributed by atoms with E-state index in [0.717, 1.165) is 18.5 Å². The Morgan fingerprint density at radius 2 is 2.26 bits per heavy atom. The lowest BCUT2D eigenvalue weighted by molar-refractivity contribution is -0.140. The quantitative estimate of drug-likeness (QED) is 0.778. The van der Waals surface area contributed by atoms with E-state index in [9.17, 15) is 4.79 Å². The fraction of sp³-hybridized carbons (Fsp3) is 0.500. The molecule has 0 heterocycles. The standard InChI is InChI=1S/C14H20N2O3/c1-16(2)11-4-3-5-12(8-11)19-9-13(14(17)18)15-10-6-7-10/h3-5,8,10,13,15H,6-7,9H2,1-2H3,(H,17,18). The number of anilines is 1. The van der Waals surface area contributed by atoms with E-state index in [1.165, 1.54) is 0 Å². The summed E-state index contributed by atoms with van der Waals surface area (Å²) in [6, 6.07) is 7.31. The lowest BCUT2D eigenvalue weighted by Crippen LogP contribution is -2.42. The van der Waals surface area contributed by atoms with Gasteiger partial charge in [0.15, 0.2) is 0 Å². The Hall–Kier alpha value is -1.75. The van der Waals surface area contributed by atoms with Gasteiger partial charge in [-0.25, -0.2) is 0 Å². The van der Waals surface area contributed by atoms with Gasteiger partial charge in [0, 0.05) is 31.9 Å². The van der Waals surface area contributed by atoms with Gasteiger partial charge in [0.2, 0.25) is 0 Å². The third-order valence-corrected chi connectivity index (χ3v) is 3.06. The molecule has 0 amide bonds. The Morgan fingerprint density at radius 3 is 2.84 bits per heavy atom. The Morgan fingerprint density at radius 1 is 1.53 bits per heavy atom. The molecule has 1 aromatic carbocycles. The molecule has 1 fully saturated rings. The number of carboxylic acids is 1. The van der Waals surface area contributed by atoms with Gasteiger partial charge in [-0.15, -0.1) is 0 Å². The number of hydrogen-bond donors (Lipinski definition) is 2. The predicted octanol–water partition coefficient (Wildman–Crippen LogP) is 1.34. The minimum atomic E-state index is -0.865. The number of carbonyl (C=O) groups is 1. The van der Waals surface area contributed by atoms with Gasteiger partial charge in [-0.05, 0) is 25.0 Å². The van der Waals surface area contributed by atoms with Crippen molar-refractivity contribution in [1.29, 1.82) is 0 Å². The second-order valence-electron chi connectivity index (χ2n) is 5.03. The number of nitrogens with one attached hydrogen (secondary N) is 1. The van der Waals surface area contributed by atoms with Crippen molar-refractivity contribution in [3.05, 3.63) is 24.3 Å². The van der Waals surface area contributed by atoms with Crippen molar-refractivity contribution in [2.45, 2.75) is 24.9 Å². The Bertz CT molecular complexity index is 444. The molecule has 5 nitrogen and oxygen atoms in total. The number of nitrogens with zero attached hydrogens (tertiary/aromatic N) is 1. The SMILES string of the molecule is CN(C)c1cccc(OCC(NC2CC2)C(=O)O)c1. The highest BCUT2D eigenvalue weighted by Crippen LogP contribution is 2.21. The van der Waals surface area contributed by atoms with Crippen molar-refractivity contribution in [2.75, 3.05) is 25.6 Å². The highest BCUT2D eigenvalue weighted by molar-refractivity contribution is 5.73. The first kappa shape index (κ1) is 13.7. The summed E-state index contributed by atoms with van der Waals surface area (Å²) in [5, 5.41) is 12.2. The van der Waals surface area contributed by atoms with Crippen molar-refractivity contribution in [1.82, 2.24) is 5.32 Å². The van der Waals surface area contributed by atoms with Gasteiger partial charge in [0.1, 0.15) is 18.4 Å². The second-order valence-corrected chi connectivity index (χ2v) is 5.03. The molecule has 0 radical (unpaired) electrons. The van der Waals surface area contributed by atoms with Gasteiger partial charge in [-0.2, -0.15) is 0 Å². The number of hydrogen-bond acceptors (Lipinski definition) is 4. The summed E-state index contributed by atoms with van der Waals surface area (Å²) in [5.74, 6) is -0.175. The molecular formula is C14H20N2O3. The number of benzene rings is 1. The summed E-state index contributed by atoms with van der Waals surface area (Å²) >= 11 is 0. The molecule has 5 heteroatoms. The van der Waals surface area contributed by atoms with Crippen LogP contribution in [0.15, 0.2) is 24.3 Å². The van der Waals surface area contributed by atoms with Crippen molar-refractivity contribution in [2.24, 2.45) is 0 Å². The zero-order valence-electron chi connectivity index (χ0n) is 11.3. The number of rotatable bonds is 7. The summed E-state index contributed by atoms with van der Waals surface area (Å²) in [7, 11) is 3.90. The molecule has 2 rings (SSSR count). The van der Waals surface area contributed by atoms with Crippen LogP contribution in [0.4, 0.5) is 5.69 Å². The maximum atomic E-state index is 11.1. The molecule has 2 N–H and O–H groups in total. The first-order valence-corrected chi connectivity index (χ1v) is 6.45. The predicted molar refractivity (Wildman–Crippen MR) is 73.8 cm³/mol. The largest absolute Gasteiger partial charge is 0.491 e. The molecule has 19 heavy (non-hydrogen) atoms. The zero-order valence-corrected chi connectivity index (χ0v) is 11.3. The average Bonchev–Trinajstić information content (AvgIpc) is 3.18. The molecule has 1 atom stereocenters. The first-order valence-electron chi connectivity index (χ1n) is 6.45. The van der Waals surface area contributed by atoms with E-state index in [-0.39, 0.29) is 6.61 Å². The highest BCUT2D eigenvalue weighted by Gasteiger charge is 2.28. The van der Waals surface area contributed by atoms with Crippen molar-refractivity contribution < 1.29 is 14.6 Å². The summed E-state index contributed by atoms with van der Waals surface area (Å²) < 4.78 is 5.58. The van der Waals surface area contributed by atoms with Crippen molar-refractivity contribution >= 4 is 11.7 Å². The van der Waals surface area contributed by atoms with Gasteiger partial charge in [0.25, 0.3) is 0 Å². The van der Waals surface area contributed by atoms with Crippen LogP contribution in [0.1, 0.15) is 12.8 Å². The molecular weight excluding hydrogens is 244 g/mol. The topological polar surface area (TPSA) is 61.8 Å². The van der Waals surface area contributed by atoms with Gasteiger partial charge in [-0.1, -0.05) is 6.07 Å². The Kier molecular flexibility index (Phi) is 4.27. The zero-order chi connectivity index (χ0) is 13.8. The molecule has 1 aliphatic carbocycles. The molecule has 0 aliphatic heterocycles. The van der Waals surface area contributed by atoms with Crippen LogP contribution in [0.3, 0.4) is 0 Å². The van der Waals surface area contributed by atoms with E-state index in [0.29, 0.717) is 11.8 Å². The molecule has 0 saturated heterocycles. The minimum absolute atomic E-state index is 0.142. The summed E-state index contributed by atoms with van der Waals surface area (Å²) in [6.45, 7) is 0.142. The molecule has 1 aliphatic rings. The van der Waals surface area contributed by atoms with Crippen LogP contribution in [-0.2, 0) is 4.79 Å². The smallest absolute Gasteiger partial charge is 0.324 e. The number of aliphatic carboxylic acids is 1. The Balaban J connectivity index is 1.92. The molecule has 0 aromatic heterocycles. The number of carboxylic acid groups (broad SMARTS) is 1. The van der Waals surface area contributed by atoms with Crippen LogP contribution >= 0.6 is 0 Å². The third kappa shape index (κ3) is 4.13. The maximum absolute atomic E-state index is 11.1. The van der Waals surface area contributed by atoms with E-state index in [1.807, 2.05) is 43.3 Å². The van der Waals surface area contributed by atoms with Crippen LogP contribution in [-0.4, -0.2) is 43.9 Å². The molecule has 104 valence electrons. The van der Waals surface area contributed by atoms with E-state index in [4.69, 9.17) is 9.84 Å². The van der Waals surface area contributed by atoms with Crippen molar-refractivity contribution in [3.63, 3.8) is 0 Å². The van der Waals surface area contributed by atoms with Crippen LogP contribution in [0.2, 0.25) is 0 Å². The fourth-order valence-electron chi connectivity index (χ4n) is 1.76. The molecule has 1 aromatic rings. The van der Waals surface area contributed by atoms with E-state index in [2.05, 4.69) is 5.32 Å². The average molecular weight is 264 g/mol. The van der Waals surface area contributed by atoms with E-state index in [1.54, 1.807) is 0 Å². The van der Waals surface area contributed by atoms with E-state index >= 15 is 0 Å². The van der Waals surface area contributed by atoms with Gasteiger partial charge >= 0.3 is 5.97 Å². The molecule has 0 spiro atoms. The first-order chi connectivity index (χ1) is 9.06. The fourth-order valence-corrected chi connectivity index (χ4v) is 1.76. The van der Waals surface area contributed by atoms with Crippen LogP contribution in [0.5, 0.6) is 5.75 Å². The van der Waals surface area contributed by atoms with Gasteiger partial charge < -0.3 is 14.7 Å². The lowest BCUT2D eigenvalue weighted by Gasteiger charge is -2.17. The monoisotopic (exact) mass is 264 g/mol. The summed E-state index contributed by atoms with van der Waals surface area (Å²) in [5.41, 5.74) is 1.03. The normalized spacial score (nSPS) is 15.9. The molecule has 0 bridgehead atoms. The maximum Gasteiger partial charge on any atom is 0.324 e. The lowest BCUT2D eigenvalue weighted by atomic mass is 10.2. The van der Waals surface area contributed by atoms with Crippen LogP contribution < -0.4 is 15.0 Å². The van der Waals surface area contributed by atoms with Gasteiger partial charge in [-0.3, -0.25) is 10.1 Å². The third-order valence-electron chi connectivity index (χ3n) is 3.06. The van der Waals surface area contributed by atoms with Gasteiger partial charge in [0.05, 0.1) is 0 Å². The summed E-state index contributed by atoms with van der Waals surface area (Å²) in [6.07, 6.45) is 2.11. The molecule has 1 unspecified atom stereocenters. The Labute approximate surface area is 113 Å².